The summed E-state index contributed by atoms with van der Waals surface area (Å²) in [6, 6.07) is 15.7. The Balaban J connectivity index is 2.23. The van der Waals surface area contributed by atoms with Crippen molar-refractivity contribution >= 4 is 21.8 Å². The molecule has 5 heteroatoms. The Bertz CT molecular complexity index is 710. The fourth-order valence-corrected chi connectivity index (χ4v) is 4.20. The van der Waals surface area contributed by atoms with Gasteiger partial charge in [-0.25, -0.2) is 8.42 Å². The van der Waals surface area contributed by atoms with Crippen LogP contribution < -0.4 is 0 Å². The van der Waals surface area contributed by atoms with E-state index in [1.54, 1.807) is 18.8 Å². The molecule has 3 nitrogen and oxygen atoms in total. The molecule has 0 radical (unpaired) electrons. The molecule has 0 atom stereocenters. The standard InChI is InChI=1S/C15H15NO2S2/c1-16(20(2,17)18)15-11-7-3-5-9-13(11)19-14-10-6-4-8-12(14)15/h3-10,15H,1-2H3. The first-order valence-corrected chi connectivity index (χ1v) is 8.93. The molecule has 0 aliphatic carbocycles. The first-order chi connectivity index (χ1) is 9.48. The largest absolute Gasteiger partial charge is 0.212 e. The minimum atomic E-state index is -3.26. The molecule has 0 bridgehead atoms. The minimum Gasteiger partial charge on any atom is -0.212 e. The molecule has 0 spiro atoms. The normalized spacial score (nSPS) is 14.9. The van der Waals surface area contributed by atoms with E-state index in [-0.39, 0.29) is 6.04 Å². The van der Waals surface area contributed by atoms with Gasteiger partial charge in [0.15, 0.2) is 0 Å². The van der Waals surface area contributed by atoms with Crippen molar-refractivity contribution in [2.45, 2.75) is 15.8 Å². The summed E-state index contributed by atoms with van der Waals surface area (Å²) in [5, 5.41) is 0. The van der Waals surface area contributed by atoms with Gasteiger partial charge in [0, 0.05) is 16.8 Å². The number of hydrogen-bond donors (Lipinski definition) is 0. The molecule has 104 valence electrons. The molecule has 0 fully saturated rings. The molecule has 0 saturated carbocycles. The highest BCUT2D eigenvalue weighted by molar-refractivity contribution is 7.99. The second-order valence-electron chi connectivity index (χ2n) is 4.86. The second kappa shape index (κ2) is 4.91. The summed E-state index contributed by atoms with van der Waals surface area (Å²) in [6.07, 6.45) is 1.25. The molecule has 0 saturated heterocycles. The van der Waals surface area contributed by atoms with Crippen molar-refractivity contribution in [3.05, 3.63) is 59.7 Å². The van der Waals surface area contributed by atoms with Gasteiger partial charge in [0.05, 0.1) is 12.3 Å². The van der Waals surface area contributed by atoms with Crippen LogP contribution in [0.1, 0.15) is 17.2 Å². The minimum absolute atomic E-state index is 0.251. The van der Waals surface area contributed by atoms with Gasteiger partial charge >= 0.3 is 0 Å². The summed E-state index contributed by atoms with van der Waals surface area (Å²) < 4.78 is 25.4. The van der Waals surface area contributed by atoms with Gasteiger partial charge in [-0.1, -0.05) is 48.2 Å². The molecular weight excluding hydrogens is 290 g/mol. The Kier molecular flexibility index (Phi) is 3.36. The van der Waals surface area contributed by atoms with Crippen molar-refractivity contribution in [2.75, 3.05) is 13.3 Å². The first kappa shape index (κ1) is 13.7. The second-order valence-corrected chi connectivity index (χ2v) is 7.99. The third kappa shape index (κ3) is 2.26. The summed E-state index contributed by atoms with van der Waals surface area (Å²) in [4.78, 5) is 2.23. The smallest absolute Gasteiger partial charge is 0.211 e. The van der Waals surface area contributed by atoms with Gasteiger partial charge in [-0.15, -0.1) is 0 Å². The average molecular weight is 305 g/mol. The van der Waals surface area contributed by atoms with E-state index in [4.69, 9.17) is 0 Å². The molecule has 1 aliphatic heterocycles. The van der Waals surface area contributed by atoms with Gasteiger partial charge < -0.3 is 0 Å². The number of nitrogens with zero attached hydrogens (tertiary/aromatic N) is 1. The highest BCUT2D eigenvalue weighted by Gasteiger charge is 2.32. The number of sulfonamides is 1. The molecule has 1 heterocycles. The maximum absolute atomic E-state index is 12.0. The van der Waals surface area contributed by atoms with Crippen molar-refractivity contribution in [3.8, 4) is 0 Å². The monoisotopic (exact) mass is 305 g/mol. The lowest BCUT2D eigenvalue weighted by molar-refractivity contribution is 0.413. The summed E-state index contributed by atoms with van der Waals surface area (Å²) in [6.45, 7) is 0. The van der Waals surface area contributed by atoms with Crippen LogP contribution in [0.25, 0.3) is 0 Å². The van der Waals surface area contributed by atoms with Gasteiger partial charge in [0.1, 0.15) is 0 Å². The predicted molar refractivity (Wildman–Crippen MR) is 81.5 cm³/mol. The van der Waals surface area contributed by atoms with Crippen molar-refractivity contribution in [2.24, 2.45) is 0 Å². The molecule has 0 N–H and O–H groups in total. The van der Waals surface area contributed by atoms with Crippen LogP contribution in [0, 0.1) is 0 Å². The quantitative estimate of drug-likeness (QED) is 0.855. The van der Waals surface area contributed by atoms with Crippen LogP contribution in [-0.4, -0.2) is 26.0 Å². The van der Waals surface area contributed by atoms with E-state index in [9.17, 15) is 8.42 Å². The molecule has 3 rings (SSSR count). The van der Waals surface area contributed by atoms with Crippen molar-refractivity contribution in [1.29, 1.82) is 0 Å². The third-order valence-corrected chi connectivity index (χ3v) is 5.97. The number of benzene rings is 2. The fourth-order valence-electron chi connectivity index (χ4n) is 2.47. The van der Waals surface area contributed by atoms with Gasteiger partial charge in [0.2, 0.25) is 10.0 Å². The Labute approximate surface area is 123 Å². The summed E-state index contributed by atoms with van der Waals surface area (Å²) in [5.74, 6) is 0. The lowest BCUT2D eigenvalue weighted by Gasteiger charge is -2.33. The van der Waals surface area contributed by atoms with Crippen molar-refractivity contribution in [1.82, 2.24) is 4.31 Å². The molecule has 0 amide bonds. The van der Waals surface area contributed by atoms with Gasteiger partial charge in [0.25, 0.3) is 0 Å². The zero-order valence-corrected chi connectivity index (χ0v) is 12.9. The molecule has 0 aromatic heterocycles. The Morgan fingerprint density at radius 1 is 0.950 bits per heavy atom. The van der Waals surface area contributed by atoms with E-state index in [2.05, 4.69) is 0 Å². The van der Waals surface area contributed by atoms with Crippen LogP contribution in [0.2, 0.25) is 0 Å². The Morgan fingerprint density at radius 3 is 1.85 bits per heavy atom. The molecule has 2 aromatic rings. The lowest BCUT2D eigenvalue weighted by atomic mass is 9.98. The van der Waals surface area contributed by atoms with Crippen LogP contribution >= 0.6 is 11.8 Å². The van der Waals surface area contributed by atoms with Crippen molar-refractivity contribution in [3.63, 3.8) is 0 Å². The highest BCUT2D eigenvalue weighted by Crippen LogP contribution is 2.46. The number of fused-ring (bicyclic) bond motifs is 2. The van der Waals surface area contributed by atoms with Crippen LogP contribution in [0.4, 0.5) is 0 Å². The fraction of sp³-hybridized carbons (Fsp3) is 0.200. The summed E-state index contributed by atoms with van der Waals surface area (Å²) in [5.41, 5.74) is 2.09. The van der Waals surface area contributed by atoms with Crippen LogP contribution in [0.3, 0.4) is 0 Å². The SMILES string of the molecule is CN(C1c2ccccc2Sc2ccccc21)S(C)(=O)=O. The van der Waals surface area contributed by atoms with E-state index in [0.29, 0.717) is 0 Å². The molecule has 1 aliphatic rings. The van der Waals surface area contributed by atoms with Gasteiger partial charge in [-0.2, -0.15) is 4.31 Å². The first-order valence-electron chi connectivity index (χ1n) is 6.27. The Morgan fingerprint density at radius 2 is 1.40 bits per heavy atom. The molecule has 20 heavy (non-hydrogen) atoms. The Hall–Kier alpha value is -1.30. The van der Waals surface area contributed by atoms with Gasteiger partial charge in [-0.3, -0.25) is 0 Å². The van der Waals surface area contributed by atoms with E-state index in [0.717, 1.165) is 20.9 Å². The average Bonchev–Trinajstić information content (AvgIpc) is 2.43. The maximum atomic E-state index is 12.0. The molecule has 0 unspecified atom stereocenters. The third-order valence-electron chi connectivity index (χ3n) is 3.53. The van der Waals surface area contributed by atoms with E-state index in [1.807, 2.05) is 48.5 Å². The van der Waals surface area contributed by atoms with E-state index < -0.39 is 10.0 Å². The number of rotatable bonds is 2. The predicted octanol–water partition coefficient (Wildman–Crippen LogP) is 3.13. The highest BCUT2D eigenvalue weighted by atomic mass is 32.2. The summed E-state index contributed by atoms with van der Waals surface area (Å²) >= 11 is 1.69. The lowest BCUT2D eigenvalue weighted by Crippen LogP contribution is -2.32. The van der Waals surface area contributed by atoms with Crippen LogP contribution in [0.5, 0.6) is 0 Å². The van der Waals surface area contributed by atoms with Crippen LogP contribution in [-0.2, 0) is 10.0 Å². The zero-order valence-electron chi connectivity index (χ0n) is 11.3. The van der Waals surface area contributed by atoms with E-state index in [1.165, 1.54) is 10.6 Å². The topological polar surface area (TPSA) is 37.4 Å². The number of hydrogen-bond acceptors (Lipinski definition) is 3. The maximum Gasteiger partial charge on any atom is 0.211 e. The zero-order chi connectivity index (χ0) is 14.3. The van der Waals surface area contributed by atoms with E-state index >= 15 is 0 Å². The van der Waals surface area contributed by atoms with Gasteiger partial charge in [-0.05, 0) is 23.3 Å². The molecular formula is C15H15NO2S2. The van der Waals surface area contributed by atoms with Crippen molar-refractivity contribution < 1.29 is 8.42 Å². The molecule has 2 aromatic carbocycles. The van der Waals surface area contributed by atoms with Crippen LogP contribution in [0.15, 0.2) is 58.3 Å². The summed E-state index contributed by atoms with van der Waals surface area (Å²) in [7, 11) is -1.62.